The number of imide groups is 1. The minimum Gasteiger partial charge on any atom is -0.329 e. The molecule has 1 aromatic carbocycles. The van der Waals surface area contributed by atoms with Crippen LogP contribution in [-0.2, 0) is 19.9 Å². The number of urea groups is 1. The standard InChI is InChI=1S/C21H23N5O4S/c1-2-21(14-7-4-3-5-8-14)18(29)26(20(30)24-21)13-16(27)25-11-6-9-15(25)17(28)23-19-22-10-12-31-19/h3-5,7-8,10,12,15H,2,6,9,11,13H2,1H3,(H,24,30)(H,22,23,28). The highest BCUT2D eigenvalue weighted by Crippen LogP contribution is 2.32. The highest BCUT2D eigenvalue weighted by molar-refractivity contribution is 7.13. The first kappa shape index (κ1) is 21.0. The maximum Gasteiger partial charge on any atom is 0.325 e. The van der Waals surface area contributed by atoms with Gasteiger partial charge in [-0.25, -0.2) is 9.78 Å². The topological polar surface area (TPSA) is 112 Å². The van der Waals surface area contributed by atoms with Crippen molar-refractivity contribution < 1.29 is 19.2 Å². The van der Waals surface area contributed by atoms with Crippen molar-refractivity contribution in [3.05, 3.63) is 47.5 Å². The Hall–Kier alpha value is -3.27. The molecule has 2 atom stereocenters. The van der Waals surface area contributed by atoms with Crippen LogP contribution in [0.5, 0.6) is 0 Å². The molecule has 2 aliphatic rings. The predicted octanol–water partition coefficient (Wildman–Crippen LogP) is 1.93. The number of thiazole rings is 1. The second-order valence-electron chi connectivity index (χ2n) is 7.52. The molecule has 1 aromatic heterocycles. The molecule has 0 saturated carbocycles. The van der Waals surface area contributed by atoms with Crippen LogP contribution < -0.4 is 10.6 Å². The highest BCUT2D eigenvalue weighted by Gasteiger charge is 2.52. The van der Waals surface area contributed by atoms with Crippen molar-refractivity contribution in [2.45, 2.75) is 37.8 Å². The van der Waals surface area contributed by atoms with Gasteiger partial charge < -0.3 is 15.5 Å². The summed E-state index contributed by atoms with van der Waals surface area (Å²) in [5.74, 6) is -1.20. The Bertz CT molecular complexity index is 996. The van der Waals surface area contributed by atoms with E-state index in [2.05, 4.69) is 15.6 Å². The molecule has 2 aromatic rings. The van der Waals surface area contributed by atoms with Crippen LogP contribution in [0.2, 0.25) is 0 Å². The normalized spacial score (nSPS) is 23.2. The van der Waals surface area contributed by atoms with Gasteiger partial charge in [0.2, 0.25) is 11.8 Å². The third kappa shape index (κ3) is 3.78. The molecule has 0 radical (unpaired) electrons. The maximum atomic E-state index is 13.2. The Morgan fingerprint density at radius 2 is 2.06 bits per heavy atom. The smallest absolute Gasteiger partial charge is 0.325 e. The Balaban J connectivity index is 1.48. The summed E-state index contributed by atoms with van der Waals surface area (Å²) < 4.78 is 0. The van der Waals surface area contributed by atoms with Crippen LogP contribution in [0.1, 0.15) is 31.7 Å². The van der Waals surface area contributed by atoms with Crippen molar-refractivity contribution in [1.82, 2.24) is 20.1 Å². The molecule has 2 N–H and O–H groups in total. The highest BCUT2D eigenvalue weighted by atomic mass is 32.1. The zero-order chi connectivity index (χ0) is 22.0. The average molecular weight is 442 g/mol. The van der Waals surface area contributed by atoms with Gasteiger partial charge in [-0.05, 0) is 24.8 Å². The molecular weight excluding hydrogens is 418 g/mol. The fourth-order valence-corrected chi connectivity index (χ4v) is 4.70. The van der Waals surface area contributed by atoms with Gasteiger partial charge in [-0.2, -0.15) is 0 Å². The summed E-state index contributed by atoms with van der Waals surface area (Å²) in [6, 6.07) is 7.75. The lowest BCUT2D eigenvalue weighted by Crippen LogP contribution is -2.49. The average Bonchev–Trinajstić information content (AvgIpc) is 3.51. The predicted molar refractivity (Wildman–Crippen MR) is 114 cm³/mol. The van der Waals surface area contributed by atoms with E-state index in [4.69, 9.17) is 0 Å². The van der Waals surface area contributed by atoms with Gasteiger partial charge in [-0.1, -0.05) is 37.3 Å². The van der Waals surface area contributed by atoms with Crippen molar-refractivity contribution in [3.8, 4) is 0 Å². The first-order valence-electron chi connectivity index (χ1n) is 10.2. The number of likely N-dealkylation sites (tertiary alicyclic amines) is 1. The number of hydrogen-bond donors (Lipinski definition) is 2. The van der Waals surface area contributed by atoms with E-state index in [1.807, 2.05) is 13.0 Å². The molecule has 3 heterocycles. The summed E-state index contributed by atoms with van der Waals surface area (Å²) in [4.78, 5) is 57.9. The molecule has 2 unspecified atom stereocenters. The van der Waals surface area contributed by atoms with Crippen LogP contribution >= 0.6 is 11.3 Å². The number of hydrogen-bond acceptors (Lipinski definition) is 6. The molecule has 2 fully saturated rings. The van der Waals surface area contributed by atoms with Crippen molar-refractivity contribution >= 4 is 40.2 Å². The lowest BCUT2D eigenvalue weighted by Gasteiger charge is -2.27. The third-order valence-corrected chi connectivity index (χ3v) is 6.49. The van der Waals surface area contributed by atoms with Gasteiger partial charge in [0.15, 0.2) is 5.13 Å². The van der Waals surface area contributed by atoms with Gasteiger partial charge >= 0.3 is 6.03 Å². The van der Waals surface area contributed by atoms with Crippen LogP contribution in [0, 0.1) is 0 Å². The van der Waals surface area contributed by atoms with Crippen molar-refractivity contribution in [1.29, 1.82) is 0 Å². The quantitative estimate of drug-likeness (QED) is 0.666. The lowest BCUT2D eigenvalue weighted by atomic mass is 9.87. The van der Waals surface area contributed by atoms with Crippen LogP contribution in [0.3, 0.4) is 0 Å². The molecule has 9 nitrogen and oxygen atoms in total. The van der Waals surface area contributed by atoms with E-state index in [0.29, 0.717) is 36.5 Å². The Morgan fingerprint density at radius 3 is 2.74 bits per heavy atom. The summed E-state index contributed by atoms with van der Waals surface area (Å²) in [7, 11) is 0. The molecule has 0 spiro atoms. The summed E-state index contributed by atoms with van der Waals surface area (Å²) in [5.41, 5.74) is -0.515. The molecule has 0 bridgehead atoms. The molecule has 5 amide bonds. The monoisotopic (exact) mass is 441 g/mol. The number of rotatable bonds is 6. The van der Waals surface area contributed by atoms with Crippen LogP contribution in [0.25, 0.3) is 0 Å². The molecule has 2 aliphatic heterocycles. The van der Waals surface area contributed by atoms with E-state index in [-0.39, 0.29) is 5.91 Å². The Kier molecular flexibility index (Phi) is 5.73. The van der Waals surface area contributed by atoms with E-state index in [1.165, 1.54) is 16.2 Å². The van der Waals surface area contributed by atoms with E-state index >= 15 is 0 Å². The SMILES string of the molecule is CCC1(c2ccccc2)NC(=O)N(CC(=O)N2CCCC2C(=O)Nc2nccs2)C1=O. The number of carbonyl (C=O) groups is 4. The van der Waals surface area contributed by atoms with E-state index < -0.39 is 36.0 Å². The number of aromatic nitrogens is 1. The Morgan fingerprint density at radius 1 is 1.29 bits per heavy atom. The van der Waals surface area contributed by atoms with Gasteiger partial charge in [0.1, 0.15) is 18.1 Å². The minimum absolute atomic E-state index is 0.315. The second-order valence-corrected chi connectivity index (χ2v) is 8.41. The fourth-order valence-electron chi connectivity index (χ4n) is 4.17. The first-order valence-corrected chi connectivity index (χ1v) is 11.0. The number of benzene rings is 1. The van der Waals surface area contributed by atoms with E-state index in [0.717, 1.165) is 4.90 Å². The zero-order valence-corrected chi connectivity index (χ0v) is 17.9. The first-order chi connectivity index (χ1) is 15.0. The summed E-state index contributed by atoms with van der Waals surface area (Å²) >= 11 is 1.29. The molecule has 162 valence electrons. The van der Waals surface area contributed by atoms with Gasteiger partial charge in [-0.3, -0.25) is 19.3 Å². The van der Waals surface area contributed by atoms with Gasteiger partial charge in [0.25, 0.3) is 5.91 Å². The van der Waals surface area contributed by atoms with E-state index in [1.54, 1.807) is 35.8 Å². The second kappa shape index (κ2) is 8.46. The molecule has 2 saturated heterocycles. The van der Waals surface area contributed by atoms with Crippen LogP contribution in [0.15, 0.2) is 41.9 Å². The fraction of sp³-hybridized carbons (Fsp3) is 0.381. The van der Waals surface area contributed by atoms with Crippen LogP contribution in [0.4, 0.5) is 9.93 Å². The summed E-state index contributed by atoms with van der Waals surface area (Å²) in [5, 5.41) is 7.71. The largest absolute Gasteiger partial charge is 0.329 e. The van der Waals surface area contributed by atoms with Gasteiger partial charge in [0.05, 0.1) is 0 Å². The molecule has 4 rings (SSSR count). The number of anilines is 1. The number of nitrogens with one attached hydrogen (secondary N) is 2. The number of carbonyl (C=O) groups excluding carboxylic acids is 4. The van der Waals surface area contributed by atoms with Crippen LogP contribution in [-0.4, -0.2) is 57.7 Å². The van der Waals surface area contributed by atoms with E-state index in [9.17, 15) is 19.2 Å². The molecular formula is C21H23N5O4S. The van der Waals surface area contributed by atoms with Gasteiger partial charge in [0, 0.05) is 18.1 Å². The zero-order valence-electron chi connectivity index (χ0n) is 17.0. The molecule has 0 aliphatic carbocycles. The molecule has 10 heteroatoms. The van der Waals surface area contributed by atoms with Crippen molar-refractivity contribution in [2.24, 2.45) is 0 Å². The lowest BCUT2D eigenvalue weighted by molar-refractivity contribution is -0.141. The molecule has 31 heavy (non-hydrogen) atoms. The van der Waals surface area contributed by atoms with Crippen molar-refractivity contribution in [3.63, 3.8) is 0 Å². The van der Waals surface area contributed by atoms with Gasteiger partial charge in [-0.15, -0.1) is 11.3 Å². The minimum atomic E-state index is -1.19. The third-order valence-electron chi connectivity index (χ3n) is 5.80. The summed E-state index contributed by atoms with van der Waals surface area (Å²) in [6.07, 6.45) is 3.13. The van der Waals surface area contributed by atoms with Crippen molar-refractivity contribution in [2.75, 3.05) is 18.4 Å². The summed E-state index contributed by atoms with van der Waals surface area (Å²) in [6.45, 7) is 1.81. The number of amides is 5. The maximum absolute atomic E-state index is 13.2. The Labute approximate surface area is 183 Å². The number of nitrogens with zero attached hydrogens (tertiary/aromatic N) is 3.